The van der Waals surface area contributed by atoms with Crippen molar-refractivity contribution < 1.29 is 14.7 Å². The Morgan fingerprint density at radius 1 is 1.38 bits per heavy atom. The summed E-state index contributed by atoms with van der Waals surface area (Å²) < 4.78 is 3.01. The molecule has 2 aromatic rings. The van der Waals surface area contributed by atoms with E-state index in [1.165, 1.54) is 24.0 Å². The van der Waals surface area contributed by atoms with Gasteiger partial charge in [-0.05, 0) is 20.8 Å². The van der Waals surface area contributed by atoms with Crippen molar-refractivity contribution in [2.24, 2.45) is 0 Å². The maximum absolute atomic E-state index is 12.1. The largest absolute Gasteiger partial charge is 0.480 e. The molecule has 112 valence electrons. The Balaban J connectivity index is 2.13. The van der Waals surface area contributed by atoms with Crippen LogP contribution in [0.3, 0.4) is 0 Å². The first-order chi connectivity index (χ1) is 9.93. The normalized spacial score (nSPS) is 12.1. The van der Waals surface area contributed by atoms with Gasteiger partial charge in [0.25, 0.3) is 5.91 Å². The number of rotatable bonds is 5. The molecule has 0 saturated carbocycles. The summed E-state index contributed by atoms with van der Waals surface area (Å²) in [6.07, 6.45) is 4.34. The highest BCUT2D eigenvalue weighted by atomic mass is 16.4. The third kappa shape index (κ3) is 2.93. The van der Waals surface area contributed by atoms with Gasteiger partial charge in [-0.2, -0.15) is 10.2 Å². The highest BCUT2D eigenvalue weighted by Crippen LogP contribution is 2.15. The monoisotopic (exact) mass is 291 g/mol. The molecule has 0 bridgehead atoms. The van der Waals surface area contributed by atoms with Gasteiger partial charge in [-0.1, -0.05) is 0 Å². The number of aliphatic carboxylic acids is 1. The second-order valence-corrected chi connectivity index (χ2v) is 4.64. The second kappa shape index (κ2) is 5.78. The standard InChI is InChI=1S/C13H17N5O3/c1-4-17-8(2)11(6-15-17)16-12(19)10-5-14-18(7-10)9(3)13(20)21/h5-7,9H,4H2,1-3H3,(H,16,19)(H,20,21). The molecule has 1 amide bonds. The van der Waals surface area contributed by atoms with Crippen LogP contribution in [0.2, 0.25) is 0 Å². The molecule has 0 fully saturated rings. The highest BCUT2D eigenvalue weighted by molar-refractivity contribution is 6.04. The van der Waals surface area contributed by atoms with Gasteiger partial charge in [0, 0.05) is 12.7 Å². The van der Waals surface area contributed by atoms with Crippen LogP contribution in [0.25, 0.3) is 0 Å². The van der Waals surface area contributed by atoms with Crippen molar-refractivity contribution in [1.29, 1.82) is 0 Å². The SMILES string of the molecule is CCn1ncc(NC(=O)c2cnn(C(C)C(=O)O)c2)c1C. The van der Waals surface area contributed by atoms with Gasteiger partial charge in [0.05, 0.1) is 29.3 Å². The van der Waals surface area contributed by atoms with Crippen molar-refractivity contribution in [3.05, 3.63) is 29.8 Å². The zero-order valence-corrected chi connectivity index (χ0v) is 12.1. The fourth-order valence-electron chi connectivity index (χ4n) is 1.86. The van der Waals surface area contributed by atoms with Crippen LogP contribution in [0.4, 0.5) is 5.69 Å². The van der Waals surface area contributed by atoms with E-state index >= 15 is 0 Å². The predicted octanol–water partition coefficient (Wildman–Crippen LogP) is 1.31. The minimum atomic E-state index is -1.01. The number of hydrogen-bond acceptors (Lipinski definition) is 4. The summed E-state index contributed by atoms with van der Waals surface area (Å²) >= 11 is 0. The van der Waals surface area contributed by atoms with Gasteiger partial charge in [-0.15, -0.1) is 0 Å². The van der Waals surface area contributed by atoms with Crippen molar-refractivity contribution in [3.63, 3.8) is 0 Å². The molecule has 0 aliphatic carbocycles. The fourth-order valence-corrected chi connectivity index (χ4v) is 1.86. The summed E-state index contributed by atoms with van der Waals surface area (Å²) in [6.45, 7) is 6.03. The average Bonchev–Trinajstić information content (AvgIpc) is 3.06. The van der Waals surface area contributed by atoms with Crippen LogP contribution in [-0.4, -0.2) is 36.5 Å². The number of amides is 1. The smallest absolute Gasteiger partial charge is 0.328 e. The van der Waals surface area contributed by atoms with Crippen LogP contribution in [-0.2, 0) is 11.3 Å². The summed E-state index contributed by atoms with van der Waals surface area (Å²) in [4.78, 5) is 23.0. The van der Waals surface area contributed by atoms with E-state index in [9.17, 15) is 9.59 Å². The molecule has 0 aliphatic heterocycles. The molecule has 1 atom stereocenters. The number of carbonyl (C=O) groups excluding carboxylic acids is 1. The summed E-state index contributed by atoms with van der Waals surface area (Å²) in [5.74, 6) is -1.36. The predicted molar refractivity (Wildman–Crippen MR) is 75.2 cm³/mol. The molecule has 0 aromatic carbocycles. The van der Waals surface area contributed by atoms with Crippen molar-refractivity contribution in [3.8, 4) is 0 Å². The number of carboxylic acids is 1. The van der Waals surface area contributed by atoms with E-state index in [1.54, 1.807) is 10.9 Å². The molecule has 21 heavy (non-hydrogen) atoms. The molecule has 2 heterocycles. The van der Waals surface area contributed by atoms with E-state index in [2.05, 4.69) is 15.5 Å². The Labute approximate surface area is 121 Å². The minimum absolute atomic E-state index is 0.298. The van der Waals surface area contributed by atoms with Crippen LogP contribution < -0.4 is 5.32 Å². The highest BCUT2D eigenvalue weighted by Gasteiger charge is 2.17. The Hall–Kier alpha value is -2.64. The quantitative estimate of drug-likeness (QED) is 0.864. The molecule has 2 rings (SSSR count). The Bertz CT molecular complexity index is 673. The summed E-state index contributed by atoms with van der Waals surface area (Å²) in [7, 11) is 0. The molecule has 0 spiro atoms. The average molecular weight is 291 g/mol. The minimum Gasteiger partial charge on any atom is -0.480 e. The number of carboxylic acid groups (broad SMARTS) is 1. The summed E-state index contributed by atoms with van der Waals surface area (Å²) in [5.41, 5.74) is 1.78. The van der Waals surface area contributed by atoms with Crippen molar-refractivity contribution in [2.45, 2.75) is 33.4 Å². The molecule has 8 heteroatoms. The van der Waals surface area contributed by atoms with Crippen LogP contribution in [0.5, 0.6) is 0 Å². The molecular formula is C13H17N5O3. The van der Waals surface area contributed by atoms with E-state index < -0.39 is 12.0 Å². The lowest BCUT2D eigenvalue weighted by atomic mass is 10.3. The third-order valence-corrected chi connectivity index (χ3v) is 3.27. The van der Waals surface area contributed by atoms with Gasteiger partial charge in [0.2, 0.25) is 0 Å². The Morgan fingerprint density at radius 3 is 2.67 bits per heavy atom. The van der Waals surface area contributed by atoms with Crippen molar-refractivity contribution in [1.82, 2.24) is 19.6 Å². The van der Waals surface area contributed by atoms with Crippen molar-refractivity contribution in [2.75, 3.05) is 5.32 Å². The zero-order chi connectivity index (χ0) is 15.6. The molecule has 2 N–H and O–H groups in total. The molecule has 0 aliphatic rings. The molecule has 0 saturated heterocycles. The van der Waals surface area contributed by atoms with Crippen LogP contribution in [0.15, 0.2) is 18.6 Å². The van der Waals surface area contributed by atoms with E-state index in [0.717, 1.165) is 12.2 Å². The van der Waals surface area contributed by atoms with Gasteiger partial charge in [0.1, 0.15) is 6.04 Å². The second-order valence-electron chi connectivity index (χ2n) is 4.64. The summed E-state index contributed by atoms with van der Waals surface area (Å²) in [6, 6.07) is -0.823. The lowest BCUT2D eigenvalue weighted by molar-refractivity contribution is -0.140. The number of nitrogens with zero attached hydrogens (tertiary/aromatic N) is 4. The Kier molecular flexibility index (Phi) is 4.06. The number of nitrogens with one attached hydrogen (secondary N) is 1. The number of carbonyl (C=O) groups is 2. The molecule has 8 nitrogen and oxygen atoms in total. The van der Waals surface area contributed by atoms with Crippen LogP contribution >= 0.6 is 0 Å². The third-order valence-electron chi connectivity index (χ3n) is 3.27. The number of aromatic nitrogens is 4. The number of hydrogen-bond donors (Lipinski definition) is 2. The number of anilines is 1. The summed E-state index contributed by atoms with van der Waals surface area (Å²) in [5, 5.41) is 19.7. The fraction of sp³-hybridized carbons (Fsp3) is 0.385. The van der Waals surface area contributed by atoms with Crippen molar-refractivity contribution >= 4 is 17.6 Å². The van der Waals surface area contributed by atoms with Gasteiger partial charge in [-0.3, -0.25) is 14.2 Å². The van der Waals surface area contributed by atoms with E-state index in [4.69, 9.17) is 5.11 Å². The van der Waals surface area contributed by atoms with E-state index in [1.807, 2.05) is 13.8 Å². The topological polar surface area (TPSA) is 102 Å². The molecule has 1 unspecified atom stereocenters. The first-order valence-corrected chi connectivity index (χ1v) is 6.54. The lowest BCUT2D eigenvalue weighted by Gasteiger charge is -2.05. The van der Waals surface area contributed by atoms with Gasteiger partial charge < -0.3 is 10.4 Å². The van der Waals surface area contributed by atoms with E-state index in [-0.39, 0.29) is 5.91 Å². The molecule has 2 aromatic heterocycles. The maximum Gasteiger partial charge on any atom is 0.328 e. The van der Waals surface area contributed by atoms with Gasteiger partial charge in [-0.25, -0.2) is 4.79 Å². The van der Waals surface area contributed by atoms with Crippen LogP contribution in [0, 0.1) is 6.92 Å². The molecule has 0 radical (unpaired) electrons. The first kappa shape index (κ1) is 14.8. The van der Waals surface area contributed by atoms with Gasteiger partial charge >= 0.3 is 5.97 Å². The Morgan fingerprint density at radius 2 is 2.10 bits per heavy atom. The van der Waals surface area contributed by atoms with Crippen LogP contribution in [0.1, 0.15) is 35.9 Å². The van der Waals surface area contributed by atoms with E-state index in [0.29, 0.717) is 11.3 Å². The molecular weight excluding hydrogens is 274 g/mol. The number of aryl methyl sites for hydroxylation is 1. The maximum atomic E-state index is 12.1. The first-order valence-electron chi connectivity index (χ1n) is 6.54. The van der Waals surface area contributed by atoms with Gasteiger partial charge in [0.15, 0.2) is 0 Å². The lowest BCUT2D eigenvalue weighted by Crippen LogP contribution is -2.16. The zero-order valence-electron chi connectivity index (χ0n) is 12.1.